The average Bonchev–Trinajstić information content (AvgIpc) is 1.95. The van der Waals surface area contributed by atoms with E-state index in [9.17, 15) is 0 Å². The third-order valence-corrected chi connectivity index (χ3v) is 1.32. The van der Waals surface area contributed by atoms with E-state index in [1.807, 2.05) is 29.8 Å². The number of benzene rings is 1. The van der Waals surface area contributed by atoms with Gasteiger partial charge >= 0.3 is 70.5 Å². The van der Waals surface area contributed by atoms with Crippen LogP contribution in [0.4, 0.5) is 0 Å². The van der Waals surface area contributed by atoms with Crippen molar-refractivity contribution in [3.05, 3.63) is 35.4 Å². The molecule has 0 saturated carbocycles. The first-order chi connectivity index (χ1) is 4.83. The molecule has 0 aliphatic carbocycles. The van der Waals surface area contributed by atoms with Crippen molar-refractivity contribution in [3.63, 3.8) is 0 Å². The molecule has 0 aromatic heterocycles. The predicted octanol–water partition coefficient (Wildman–Crippen LogP) is 1.47. The molecule has 0 spiro atoms. The second-order valence-electron chi connectivity index (χ2n) is 2.24. The second kappa shape index (κ2) is 3.52. The van der Waals surface area contributed by atoms with E-state index in [4.69, 9.17) is 0 Å². The third kappa shape index (κ3) is 1.96. The van der Waals surface area contributed by atoms with Crippen LogP contribution >= 0.6 is 0 Å². The normalized spacial score (nSPS) is 8.30. The fourth-order valence-electron chi connectivity index (χ4n) is 0.781. The Kier molecular flexibility index (Phi) is 2.64. The molecule has 0 aliphatic rings. The van der Waals surface area contributed by atoms with Gasteiger partial charge in [-0.2, -0.15) is 0 Å². The zero-order valence-electron chi connectivity index (χ0n) is 6.31. The number of rotatable bonds is 0. The maximum absolute atomic E-state index is 2.98. The van der Waals surface area contributed by atoms with E-state index < -0.39 is 0 Å². The van der Waals surface area contributed by atoms with Crippen LogP contribution in [0.15, 0.2) is 24.3 Å². The second-order valence-corrected chi connectivity index (χ2v) is 2.24. The van der Waals surface area contributed by atoms with E-state index in [0.717, 1.165) is 5.56 Å². The molecule has 0 aliphatic heterocycles. The summed E-state index contributed by atoms with van der Waals surface area (Å²) in [6.45, 7) is 2.07. The minimum atomic E-state index is 1.09. The van der Waals surface area contributed by atoms with Gasteiger partial charge in [-0.15, -0.1) is 0 Å². The molecule has 0 amide bonds. The van der Waals surface area contributed by atoms with Gasteiger partial charge in [0.1, 0.15) is 0 Å². The van der Waals surface area contributed by atoms with E-state index >= 15 is 0 Å². The molecule has 10 heavy (non-hydrogen) atoms. The molecule has 1 aromatic rings. The Morgan fingerprint density at radius 2 is 1.80 bits per heavy atom. The van der Waals surface area contributed by atoms with Crippen LogP contribution in [-0.2, 0) is 0 Å². The molecular formula is C9H7Li. The van der Waals surface area contributed by atoms with Gasteiger partial charge in [-0.25, -0.2) is 0 Å². The fourth-order valence-corrected chi connectivity index (χ4v) is 0.781. The molecule has 0 radical (unpaired) electrons. The van der Waals surface area contributed by atoms with Crippen LogP contribution in [0.2, 0.25) is 0 Å². The molecule has 1 heteroatoms. The summed E-state index contributed by atoms with van der Waals surface area (Å²) in [6.07, 6.45) is 0. The van der Waals surface area contributed by atoms with Crippen molar-refractivity contribution in [3.8, 4) is 10.5 Å². The van der Waals surface area contributed by atoms with Crippen molar-refractivity contribution in [2.45, 2.75) is 6.92 Å². The van der Waals surface area contributed by atoms with E-state index in [-0.39, 0.29) is 0 Å². The van der Waals surface area contributed by atoms with Gasteiger partial charge in [0.2, 0.25) is 0 Å². The molecule has 0 saturated heterocycles. The number of hydrogen-bond acceptors (Lipinski definition) is 0. The average molecular weight is 122 g/mol. The fraction of sp³-hybridized carbons (Fsp3) is 0.111. The molecule has 1 aromatic carbocycles. The van der Waals surface area contributed by atoms with Gasteiger partial charge in [-0.1, -0.05) is 0 Å². The van der Waals surface area contributed by atoms with Crippen molar-refractivity contribution in [2.24, 2.45) is 0 Å². The van der Waals surface area contributed by atoms with Gasteiger partial charge in [-0.05, 0) is 0 Å². The topological polar surface area (TPSA) is 0 Å². The number of hydrogen-bond donors (Lipinski definition) is 0. The van der Waals surface area contributed by atoms with E-state index in [0.29, 0.717) is 0 Å². The Hall–Kier alpha value is -0.623. The summed E-state index contributed by atoms with van der Waals surface area (Å²) >= 11 is 1.85. The van der Waals surface area contributed by atoms with Crippen LogP contribution in [0.3, 0.4) is 0 Å². The van der Waals surface area contributed by atoms with Crippen LogP contribution in [0.25, 0.3) is 0 Å². The van der Waals surface area contributed by atoms with Gasteiger partial charge in [0.25, 0.3) is 0 Å². The Bertz CT molecular complexity index is 261. The van der Waals surface area contributed by atoms with Crippen LogP contribution < -0.4 is 0 Å². The van der Waals surface area contributed by atoms with Gasteiger partial charge in [0.15, 0.2) is 0 Å². The van der Waals surface area contributed by atoms with Gasteiger partial charge < -0.3 is 0 Å². The standard InChI is InChI=1S/C9H7.Li/c1-3-9-6-4-8(2)5-7-9;/h4-7H,2H3;. The summed E-state index contributed by atoms with van der Waals surface area (Å²) in [5, 5.41) is 0. The van der Waals surface area contributed by atoms with Crippen molar-refractivity contribution < 1.29 is 0 Å². The van der Waals surface area contributed by atoms with Gasteiger partial charge in [0.05, 0.1) is 0 Å². The summed E-state index contributed by atoms with van der Waals surface area (Å²) in [6, 6.07) is 8.21. The molecule has 0 bridgehead atoms. The summed E-state index contributed by atoms with van der Waals surface area (Å²) in [5.74, 6) is 2.98. The molecule has 0 fully saturated rings. The third-order valence-electron chi connectivity index (χ3n) is 1.32. The SMILES string of the molecule is [Li][C]#Cc1ccc(C)cc1. The Morgan fingerprint density at radius 1 is 1.20 bits per heavy atom. The van der Waals surface area contributed by atoms with Crippen LogP contribution in [0.5, 0.6) is 0 Å². The van der Waals surface area contributed by atoms with Crippen molar-refractivity contribution >= 4 is 17.7 Å². The quantitative estimate of drug-likeness (QED) is 0.361. The molecule has 0 nitrogen and oxygen atoms in total. The molecule has 44 valence electrons. The Morgan fingerprint density at radius 3 is 2.30 bits per heavy atom. The van der Waals surface area contributed by atoms with Crippen LogP contribution in [0.1, 0.15) is 11.1 Å². The summed E-state index contributed by atoms with van der Waals surface area (Å²) in [5.41, 5.74) is 2.37. The van der Waals surface area contributed by atoms with Crippen LogP contribution in [0, 0.1) is 17.4 Å². The summed E-state index contributed by atoms with van der Waals surface area (Å²) < 4.78 is 2.85. The molecule has 0 atom stereocenters. The predicted molar refractivity (Wildman–Crippen MR) is 43.8 cm³/mol. The molecule has 0 heterocycles. The molecule has 0 N–H and O–H groups in total. The van der Waals surface area contributed by atoms with Gasteiger partial charge in [-0.3, -0.25) is 0 Å². The van der Waals surface area contributed by atoms with Crippen LogP contribution in [-0.4, -0.2) is 17.7 Å². The Labute approximate surface area is 70.8 Å². The first kappa shape index (κ1) is 7.48. The molecule has 0 unspecified atom stereocenters. The van der Waals surface area contributed by atoms with Crippen molar-refractivity contribution in [1.29, 1.82) is 0 Å². The first-order valence-electron chi connectivity index (χ1n) is 3.32. The first-order valence-corrected chi connectivity index (χ1v) is 3.32. The molecule has 1 rings (SSSR count). The zero-order valence-corrected chi connectivity index (χ0v) is 6.31. The maximum atomic E-state index is 2.98. The summed E-state index contributed by atoms with van der Waals surface area (Å²) in [4.78, 5) is 0. The molecular weight excluding hydrogens is 115 g/mol. The van der Waals surface area contributed by atoms with Crippen molar-refractivity contribution in [2.75, 3.05) is 0 Å². The number of aryl methyl sites for hydroxylation is 1. The Balaban J connectivity index is 2.97. The van der Waals surface area contributed by atoms with E-state index in [1.165, 1.54) is 5.56 Å². The summed E-state index contributed by atoms with van der Waals surface area (Å²) in [7, 11) is 0. The van der Waals surface area contributed by atoms with Crippen molar-refractivity contribution in [1.82, 2.24) is 0 Å². The van der Waals surface area contributed by atoms with Gasteiger partial charge in [0, 0.05) is 0 Å². The zero-order chi connectivity index (χ0) is 7.40. The monoisotopic (exact) mass is 122 g/mol. The van der Waals surface area contributed by atoms with E-state index in [1.54, 1.807) is 0 Å². The van der Waals surface area contributed by atoms with E-state index in [2.05, 4.69) is 29.6 Å². The minimum absolute atomic E-state index is 1.09.